The third kappa shape index (κ3) is 7.44. The molecule has 48 heavy (non-hydrogen) atoms. The van der Waals surface area contributed by atoms with Crippen LogP contribution >= 0.6 is 0 Å². The van der Waals surface area contributed by atoms with E-state index in [1.54, 1.807) is 28.4 Å². The lowest BCUT2D eigenvalue weighted by Crippen LogP contribution is -2.27. The first-order chi connectivity index (χ1) is 23.5. The number of hydrogen-bond acceptors (Lipinski definition) is 6. The smallest absolute Gasteiger partial charge is 0.161 e. The molecule has 6 heteroatoms. The van der Waals surface area contributed by atoms with Crippen molar-refractivity contribution < 1.29 is 28.4 Å². The summed E-state index contributed by atoms with van der Waals surface area (Å²) in [7, 11) is 6.89. The number of hydrogen-bond donors (Lipinski definition) is 0. The van der Waals surface area contributed by atoms with Crippen molar-refractivity contribution in [3.63, 3.8) is 0 Å². The molecule has 0 heterocycles. The summed E-state index contributed by atoms with van der Waals surface area (Å²) in [5.74, 6) is 19.1. The van der Waals surface area contributed by atoms with Gasteiger partial charge in [-0.15, -0.1) is 0 Å². The number of methoxy groups -OCH3 is 4. The van der Waals surface area contributed by atoms with Crippen LogP contribution in [0.15, 0.2) is 60.1 Å². The minimum absolute atomic E-state index is 0.231. The Morgan fingerprint density at radius 3 is 1.29 bits per heavy atom. The molecule has 0 bridgehead atoms. The van der Waals surface area contributed by atoms with E-state index >= 15 is 0 Å². The molecule has 0 amide bonds. The topological polar surface area (TPSA) is 55.4 Å². The Morgan fingerprint density at radius 2 is 0.958 bits per heavy atom. The van der Waals surface area contributed by atoms with Crippen LogP contribution in [-0.4, -0.2) is 40.6 Å². The first-order valence-electron chi connectivity index (χ1n) is 17.7. The SMILES string of the molecule is COC1=CCC(C#CC#CC2(c3ccc(OC)c(OC4CCCC4)c3)CC=C(OC)CC2)(c2ccc(OC)c(OC3CCCC3)c2)CC1. The van der Waals surface area contributed by atoms with Gasteiger partial charge in [-0.2, -0.15) is 0 Å². The van der Waals surface area contributed by atoms with E-state index in [1.807, 2.05) is 12.1 Å². The van der Waals surface area contributed by atoms with Crippen LogP contribution in [-0.2, 0) is 20.3 Å². The zero-order valence-corrected chi connectivity index (χ0v) is 29.1. The molecule has 0 saturated heterocycles. The van der Waals surface area contributed by atoms with E-state index in [2.05, 4.69) is 60.1 Å². The van der Waals surface area contributed by atoms with Gasteiger partial charge in [0, 0.05) is 12.8 Å². The van der Waals surface area contributed by atoms with Gasteiger partial charge in [0.1, 0.15) is 0 Å². The Bertz CT molecular complexity index is 1500. The van der Waals surface area contributed by atoms with Crippen molar-refractivity contribution in [2.24, 2.45) is 0 Å². The maximum absolute atomic E-state index is 6.49. The fraction of sp³-hybridized carbons (Fsp3) is 0.524. The predicted molar refractivity (Wildman–Crippen MR) is 189 cm³/mol. The van der Waals surface area contributed by atoms with Crippen molar-refractivity contribution in [1.82, 2.24) is 0 Å². The van der Waals surface area contributed by atoms with E-state index in [1.165, 1.54) is 25.7 Å². The monoisotopic (exact) mass is 650 g/mol. The molecule has 2 atom stereocenters. The van der Waals surface area contributed by atoms with E-state index < -0.39 is 10.8 Å². The highest BCUT2D eigenvalue weighted by molar-refractivity contribution is 5.52. The highest BCUT2D eigenvalue weighted by Crippen LogP contribution is 2.44. The molecule has 2 aromatic carbocycles. The van der Waals surface area contributed by atoms with Gasteiger partial charge in [-0.25, -0.2) is 0 Å². The maximum atomic E-state index is 6.49. The Morgan fingerprint density at radius 1 is 0.542 bits per heavy atom. The lowest BCUT2D eigenvalue weighted by molar-refractivity contribution is 0.200. The second-order valence-corrected chi connectivity index (χ2v) is 13.6. The van der Waals surface area contributed by atoms with Crippen LogP contribution in [0.25, 0.3) is 0 Å². The molecule has 2 unspecified atom stereocenters. The molecule has 0 aliphatic heterocycles. The molecule has 254 valence electrons. The van der Waals surface area contributed by atoms with Gasteiger partial charge in [-0.3, -0.25) is 0 Å². The van der Waals surface area contributed by atoms with Crippen LogP contribution in [0, 0.1) is 23.7 Å². The van der Waals surface area contributed by atoms with Gasteiger partial charge < -0.3 is 28.4 Å². The van der Waals surface area contributed by atoms with Crippen molar-refractivity contribution in [3.05, 3.63) is 71.2 Å². The Kier molecular flexibility index (Phi) is 10.8. The predicted octanol–water partition coefficient (Wildman–Crippen LogP) is 8.96. The van der Waals surface area contributed by atoms with Gasteiger partial charge in [0.15, 0.2) is 23.0 Å². The molecule has 0 N–H and O–H groups in total. The lowest BCUT2D eigenvalue weighted by Gasteiger charge is -2.33. The normalized spacial score (nSPS) is 24.2. The van der Waals surface area contributed by atoms with E-state index in [4.69, 9.17) is 28.4 Å². The standard InChI is InChI=1S/C42H50O6/c1-43-33-19-25-41(26-20-33,31-15-17-37(45-3)39(29-31)47-35-11-5-6-12-35)23-9-10-24-42(27-21-34(44-2)22-28-42)32-16-18-38(46-4)40(30-32)48-36-13-7-8-14-36/h15-19,21,29-30,35-36H,5-8,11-14,20,22,25-28H2,1-4H3. The molecule has 2 saturated carbocycles. The summed E-state index contributed by atoms with van der Waals surface area (Å²) < 4.78 is 35.7. The summed E-state index contributed by atoms with van der Waals surface area (Å²) in [6.07, 6.45) is 18.8. The maximum Gasteiger partial charge on any atom is 0.161 e. The minimum atomic E-state index is -0.415. The van der Waals surface area contributed by atoms with Gasteiger partial charge in [-0.1, -0.05) is 24.0 Å². The van der Waals surface area contributed by atoms with E-state index in [0.717, 1.165) is 110 Å². The summed E-state index contributed by atoms with van der Waals surface area (Å²) >= 11 is 0. The zero-order valence-electron chi connectivity index (χ0n) is 29.1. The quantitative estimate of drug-likeness (QED) is 0.239. The van der Waals surface area contributed by atoms with E-state index in [9.17, 15) is 0 Å². The Balaban J connectivity index is 1.35. The highest BCUT2D eigenvalue weighted by atomic mass is 16.5. The highest BCUT2D eigenvalue weighted by Gasteiger charge is 2.36. The second kappa shape index (κ2) is 15.4. The fourth-order valence-corrected chi connectivity index (χ4v) is 7.73. The Labute approximate surface area is 287 Å². The van der Waals surface area contributed by atoms with Crippen LogP contribution in [0.5, 0.6) is 23.0 Å². The molecule has 2 fully saturated rings. The summed E-state index contributed by atoms with van der Waals surface area (Å²) in [6, 6.07) is 12.6. The third-order valence-corrected chi connectivity index (χ3v) is 10.8. The molecule has 2 aromatic rings. The first kappa shape index (κ1) is 33.7. The van der Waals surface area contributed by atoms with Crippen LogP contribution in [0.3, 0.4) is 0 Å². The van der Waals surface area contributed by atoms with Crippen LogP contribution in [0.4, 0.5) is 0 Å². The van der Waals surface area contributed by atoms with Crippen LogP contribution in [0.1, 0.15) is 101 Å². The average molecular weight is 651 g/mol. The molecule has 0 radical (unpaired) electrons. The van der Waals surface area contributed by atoms with Gasteiger partial charge >= 0.3 is 0 Å². The molecule has 0 aromatic heterocycles. The third-order valence-electron chi connectivity index (χ3n) is 10.8. The van der Waals surface area contributed by atoms with E-state index in [-0.39, 0.29) is 12.2 Å². The Hall–Kier alpha value is -4.16. The van der Waals surface area contributed by atoms with Gasteiger partial charge in [0.25, 0.3) is 0 Å². The molecule has 4 aliphatic carbocycles. The fourth-order valence-electron chi connectivity index (χ4n) is 7.73. The number of benzene rings is 2. The lowest BCUT2D eigenvalue weighted by atomic mass is 9.71. The van der Waals surface area contributed by atoms with Crippen molar-refractivity contribution >= 4 is 0 Å². The molecular formula is C42H50O6. The van der Waals surface area contributed by atoms with Gasteiger partial charge in [-0.05, 0) is 136 Å². The summed E-state index contributed by atoms with van der Waals surface area (Å²) in [5, 5.41) is 0. The molecule has 6 rings (SSSR count). The number of ether oxygens (including phenoxy) is 6. The summed E-state index contributed by atoms with van der Waals surface area (Å²) in [6.45, 7) is 0. The largest absolute Gasteiger partial charge is 0.501 e. The molecule has 4 aliphatic rings. The van der Waals surface area contributed by atoms with Gasteiger partial charge in [0.05, 0.1) is 63.0 Å². The van der Waals surface area contributed by atoms with Crippen molar-refractivity contribution in [2.75, 3.05) is 28.4 Å². The number of allylic oxidation sites excluding steroid dienone is 4. The summed E-state index contributed by atoms with van der Waals surface area (Å²) in [4.78, 5) is 0. The molecule has 6 nitrogen and oxygen atoms in total. The van der Waals surface area contributed by atoms with Crippen LogP contribution in [0.2, 0.25) is 0 Å². The van der Waals surface area contributed by atoms with Crippen molar-refractivity contribution in [2.45, 2.75) is 113 Å². The van der Waals surface area contributed by atoms with Crippen molar-refractivity contribution in [3.8, 4) is 46.7 Å². The molecule has 0 spiro atoms. The number of rotatable bonds is 10. The van der Waals surface area contributed by atoms with E-state index in [0.29, 0.717) is 0 Å². The zero-order chi connectivity index (χ0) is 33.4. The van der Waals surface area contributed by atoms with Crippen molar-refractivity contribution in [1.29, 1.82) is 0 Å². The summed E-state index contributed by atoms with van der Waals surface area (Å²) in [5.41, 5.74) is 1.42. The van der Waals surface area contributed by atoms with Crippen LogP contribution < -0.4 is 18.9 Å². The average Bonchev–Trinajstić information content (AvgIpc) is 3.85. The first-order valence-corrected chi connectivity index (χ1v) is 17.7. The minimum Gasteiger partial charge on any atom is -0.501 e. The second-order valence-electron chi connectivity index (χ2n) is 13.6. The van der Waals surface area contributed by atoms with Gasteiger partial charge in [0.2, 0.25) is 0 Å². The molecular weight excluding hydrogens is 600 g/mol.